The molecular formula is C15H21NO4. The van der Waals surface area contributed by atoms with E-state index in [0.717, 1.165) is 16.8 Å². The lowest BCUT2D eigenvalue weighted by molar-refractivity contribution is 0.0566. The number of hydrogen-bond donors (Lipinski definition) is 1. The van der Waals surface area contributed by atoms with Crippen molar-refractivity contribution < 1.29 is 19.4 Å². The fourth-order valence-electron chi connectivity index (χ4n) is 2.08. The first-order chi connectivity index (χ1) is 9.40. The number of hydrogen-bond acceptors (Lipinski definition) is 4. The molecular weight excluding hydrogens is 258 g/mol. The smallest absolute Gasteiger partial charge is 0.414 e. The Morgan fingerprint density at radius 2 is 2.20 bits per heavy atom. The van der Waals surface area contributed by atoms with Gasteiger partial charge in [-0.25, -0.2) is 4.79 Å². The summed E-state index contributed by atoms with van der Waals surface area (Å²) in [5, 5.41) is 9.19. The summed E-state index contributed by atoms with van der Waals surface area (Å²) in [6.45, 7) is 6.85. The van der Waals surface area contributed by atoms with Gasteiger partial charge in [0.2, 0.25) is 0 Å². The van der Waals surface area contributed by atoms with Gasteiger partial charge in [0, 0.05) is 5.56 Å². The average molecular weight is 279 g/mol. The summed E-state index contributed by atoms with van der Waals surface area (Å²) in [7, 11) is 0. The third-order valence-corrected chi connectivity index (χ3v) is 2.95. The Kier molecular flexibility index (Phi) is 4.30. The van der Waals surface area contributed by atoms with E-state index < -0.39 is 5.60 Å². The van der Waals surface area contributed by atoms with Crippen LogP contribution in [0, 0.1) is 0 Å². The molecule has 110 valence electrons. The van der Waals surface area contributed by atoms with Gasteiger partial charge in [-0.3, -0.25) is 4.90 Å². The van der Waals surface area contributed by atoms with Gasteiger partial charge in [0.05, 0.1) is 32.1 Å². The molecule has 0 fully saturated rings. The summed E-state index contributed by atoms with van der Waals surface area (Å²) < 4.78 is 10.9. The first-order valence-electron chi connectivity index (χ1n) is 6.71. The monoisotopic (exact) mass is 279 g/mol. The first kappa shape index (κ1) is 14.8. The summed E-state index contributed by atoms with van der Waals surface area (Å²) in [5.41, 5.74) is 1.95. The maximum absolute atomic E-state index is 12.3. The molecule has 20 heavy (non-hydrogen) atoms. The van der Waals surface area contributed by atoms with E-state index >= 15 is 0 Å². The lowest BCUT2D eigenvalue weighted by Crippen LogP contribution is -2.38. The van der Waals surface area contributed by atoms with Crippen LogP contribution >= 0.6 is 0 Å². The Morgan fingerprint density at radius 3 is 2.85 bits per heavy atom. The van der Waals surface area contributed by atoms with Crippen LogP contribution in [0.25, 0.3) is 0 Å². The van der Waals surface area contributed by atoms with Gasteiger partial charge in [0.15, 0.2) is 0 Å². The molecule has 0 spiro atoms. The number of aliphatic hydroxyl groups is 1. The van der Waals surface area contributed by atoms with E-state index in [-0.39, 0.29) is 12.7 Å². The zero-order valence-electron chi connectivity index (χ0n) is 12.2. The number of nitrogens with zero attached hydrogens (tertiary/aromatic N) is 1. The Bertz CT molecular complexity index is 493. The van der Waals surface area contributed by atoms with E-state index in [4.69, 9.17) is 9.47 Å². The highest BCUT2D eigenvalue weighted by molar-refractivity contribution is 5.89. The lowest BCUT2D eigenvalue weighted by Gasteiger charge is -2.27. The highest BCUT2D eigenvalue weighted by Crippen LogP contribution is 2.27. The molecule has 1 amide bonds. The van der Waals surface area contributed by atoms with Gasteiger partial charge >= 0.3 is 6.09 Å². The molecule has 5 nitrogen and oxygen atoms in total. The van der Waals surface area contributed by atoms with Gasteiger partial charge < -0.3 is 14.6 Å². The molecule has 0 aromatic heterocycles. The highest BCUT2D eigenvalue weighted by Gasteiger charge is 2.26. The SMILES string of the molecule is CC(C)(C)OC(=O)N1CCOCc2cc(CO)ccc21. The summed E-state index contributed by atoms with van der Waals surface area (Å²) in [6, 6.07) is 5.50. The number of aliphatic hydroxyl groups excluding tert-OH is 1. The van der Waals surface area contributed by atoms with Gasteiger partial charge in [-0.15, -0.1) is 0 Å². The fraction of sp³-hybridized carbons (Fsp3) is 0.533. The Balaban J connectivity index is 2.29. The Labute approximate surface area is 119 Å². The highest BCUT2D eigenvalue weighted by atomic mass is 16.6. The molecule has 1 heterocycles. The third kappa shape index (κ3) is 3.49. The molecule has 0 aliphatic carbocycles. The second-order valence-corrected chi connectivity index (χ2v) is 5.81. The van der Waals surface area contributed by atoms with Crippen LogP contribution in [0.5, 0.6) is 0 Å². The molecule has 1 N–H and O–H groups in total. The minimum absolute atomic E-state index is 0.0281. The van der Waals surface area contributed by atoms with Crippen molar-refractivity contribution in [1.82, 2.24) is 0 Å². The molecule has 1 aliphatic rings. The summed E-state index contributed by atoms with van der Waals surface area (Å²) >= 11 is 0. The molecule has 1 aliphatic heterocycles. The maximum Gasteiger partial charge on any atom is 0.414 e. The Hall–Kier alpha value is -1.59. The second-order valence-electron chi connectivity index (χ2n) is 5.81. The molecule has 1 aromatic rings. The van der Waals surface area contributed by atoms with Crippen molar-refractivity contribution in [2.45, 2.75) is 39.6 Å². The molecule has 0 atom stereocenters. The predicted octanol–water partition coefficient (Wildman–Crippen LogP) is 2.45. The lowest BCUT2D eigenvalue weighted by atomic mass is 10.1. The number of carbonyl (C=O) groups is 1. The van der Waals surface area contributed by atoms with Crippen LogP contribution < -0.4 is 4.90 Å². The van der Waals surface area contributed by atoms with E-state index in [9.17, 15) is 9.90 Å². The quantitative estimate of drug-likeness (QED) is 0.858. The third-order valence-electron chi connectivity index (χ3n) is 2.95. The number of benzene rings is 1. The molecule has 0 bridgehead atoms. The van der Waals surface area contributed by atoms with Gasteiger partial charge in [-0.05, 0) is 38.5 Å². The van der Waals surface area contributed by atoms with Crippen LogP contribution in [0.1, 0.15) is 31.9 Å². The molecule has 0 saturated heterocycles. The van der Waals surface area contributed by atoms with Crippen molar-refractivity contribution in [2.75, 3.05) is 18.1 Å². The number of ether oxygens (including phenoxy) is 2. The number of amides is 1. The summed E-state index contributed by atoms with van der Waals surface area (Å²) in [4.78, 5) is 13.9. The topological polar surface area (TPSA) is 59.0 Å². The van der Waals surface area contributed by atoms with Crippen LogP contribution in [-0.2, 0) is 22.7 Å². The van der Waals surface area contributed by atoms with Crippen LogP contribution in [0.3, 0.4) is 0 Å². The molecule has 5 heteroatoms. The van der Waals surface area contributed by atoms with Crippen LogP contribution in [0.4, 0.5) is 10.5 Å². The van der Waals surface area contributed by atoms with Crippen molar-refractivity contribution in [2.24, 2.45) is 0 Å². The van der Waals surface area contributed by atoms with Gasteiger partial charge in [0.25, 0.3) is 0 Å². The maximum atomic E-state index is 12.3. The first-order valence-corrected chi connectivity index (χ1v) is 6.71. The zero-order chi connectivity index (χ0) is 14.8. The normalized spacial score (nSPS) is 15.5. The van der Waals surface area contributed by atoms with E-state index in [1.807, 2.05) is 39.0 Å². The number of rotatable bonds is 1. The number of fused-ring (bicyclic) bond motifs is 1. The van der Waals surface area contributed by atoms with Crippen molar-refractivity contribution in [1.29, 1.82) is 0 Å². The Morgan fingerprint density at radius 1 is 1.45 bits per heavy atom. The molecule has 0 unspecified atom stereocenters. The number of anilines is 1. The fourth-order valence-corrected chi connectivity index (χ4v) is 2.08. The predicted molar refractivity (Wildman–Crippen MR) is 75.6 cm³/mol. The molecule has 2 rings (SSSR count). The van der Waals surface area contributed by atoms with Crippen molar-refractivity contribution in [3.05, 3.63) is 29.3 Å². The summed E-state index contributed by atoms with van der Waals surface area (Å²) in [6.07, 6.45) is -0.374. The second kappa shape index (κ2) is 5.81. The van der Waals surface area contributed by atoms with Crippen LogP contribution in [-0.4, -0.2) is 30.0 Å². The molecule has 0 radical (unpaired) electrons. The van der Waals surface area contributed by atoms with Crippen molar-refractivity contribution >= 4 is 11.8 Å². The largest absolute Gasteiger partial charge is 0.443 e. The average Bonchev–Trinajstić information content (AvgIpc) is 2.57. The van der Waals surface area contributed by atoms with Crippen LogP contribution in [0.15, 0.2) is 18.2 Å². The van der Waals surface area contributed by atoms with Crippen molar-refractivity contribution in [3.63, 3.8) is 0 Å². The minimum Gasteiger partial charge on any atom is -0.443 e. The van der Waals surface area contributed by atoms with Gasteiger partial charge in [-0.2, -0.15) is 0 Å². The minimum atomic E-state index is -0.532. The van der Waals surface area contributed by atoms with Gasteiger partial charge in [-0.1, -0.05) is 6.07 Å². The van der Waals surface area contributed by atoms with E-state index in [0.29, 0.717) is 19.8 Å². The molecule has 0 saturated carbocycles. The van der Waals surface area contributed by atoms with E-state index in [1.165, 1.54) is 0 Å². The van der Waals surface area contributed by atoms with Crippen molar-refractivity contribution in [3.8, 4) is 0 Å². The zero-order valence-corrected chi connectivity index (χ0v) is 12.2. The number of carbonyl (C=O) groups excluding carboxylic acids is 1. The van der Waals surface area contributed by atoms with Crippen LogP contribution in [0.2, 0.25) is 0 Å². The van der Waals surface area contributed by atoms with E-state index in [2.05, 4.69) is 0 Å². The molecule has 1 aromatic carbocycles. The standard InChI is InChI=1S/C15H21NO4/c1-15(2,3)20-14(18)16-6-7-19-10-12-8-11(9-17)4-5-13(12)16/h4-5,8,17H,6-7,9-10H2,1-3H3. The van der Waals surface area contributed by atoms with E-state index in [1.54, 1.807) is 4.90 Å². The van der Waals surface area contributed by atoms with Gasteiger partial charge in [0.1, 0.15) is 5.60 Å². The summed E-state index contributed by atoms with van der Waals surface area (Å²) in [5.74, 6) is 0.